The lowest BCUT2D eigenvalue weighted by molar-refractivity contribution is -0.140. The predicted molar refractivity (Wildman–Crippen MR) is 93.8 cm³/mol. The van der Waals surface area contributed by atoms with Crippen molar-refractivity contribution in [3.05, 3.63) is 52.8 Å². The molecule has 0 radical (unpaired) electrons. The number of benzene rings is 2. The van der Waals surface area contributed by atoms with Crippen LogP contribution in [0.1, 0.15) is 23.6 Å². The number of aryl methyl sites for hydroxylation is 2. The molecule has 2 aromatic rings. The Morgan fingerprint density at radius 3 is 2.42 bits per heavy atom. The van der Waals surface area contributed by atoms with E-state index in [0.29, 0.717) is 17.3 Å². The van der Waals surface area contributed by atoms with Gasteiger partial charge in [0.05, 0.1) is 17.6 Å². The summed E-state index contributed by atoms with van der Waals surface area (Å²) in [5.41, 5.74) is 0.755. The lowest BCUT2D eigenvalue weighted by atomic mass is 10.1. The fraction of sp³-hybridized carbons (Fsp3) is 0.316. The number of alkyl halides is 3. The second-order valence-electron chi connectivity index (χ2n) is 5.94. The maximum atomic E-state index is 14.1. The maximum absolute atomic E-state index is 14.1. The minimum atomic E-state index is -4.78. The van der Waals surface area contributed by atoms with Crippen molar-refractivity contribution >= 4 is 12.0 Å². The molecular formula is C19H20F4N2O. The van der Waals surface area contributed by atoms with Crippen LogP contribution in [0.15, 0.2) is 35.3 Å². The topological polar surface area (TPSA) is 24.8 Å². The summed E-state index contributed by atoms with van der Waals surface area (Å²) in [7, 11) is 1.89. The molecule has 26 heavy (non-hydrogen) atoms. The lowest BCUT2D eigenvalue weighted by Crippen LogP contribution is -2.14. The summed E-state index contributed by atoms with van der Waals surface area (Å²) in [4.78, 5) is 6.27. The van der Waals surface area contributed by atoms with Gasteiger partial charge < -0.3 is 9.64 Å². The van der Waals surface area contributed by atoms with Crippen molar-refractivity contribution < 1.29 is 22.3 Å². The first-order valence-corrected chi connectivity index (χ1v) is 8.02. The molecule has 0 N–H and O–H groups in total. The molecule has 0 aliphatic heterocycles. The highest BCUT2D eigenvalue weighted by Crippen LogP contribution is 2.37. The van der Waals surface area contributed by atoms with E-state index in [9.17, 15) is 17.6 Å². The van der Waals surface area contributed by atoms with E-state index in [4.69, 9.17) is 4.74 Å². The number of hydrogen-bond acceptors (Lipinski definition) is 2. The van der Waals surface area contributed by atoms with Crippen LogP contribution in [0.25, 0.3) is 0 Å². The molecule has 0 fully saturated rings. The first kappa shape index (κ1) is 19.8. The molecule has 0 heterocycles. The van der Waals surface area contributed by atoms with Gasteiger partial charge in [0.2, 0.25) is 0 Å². The van der Waals surface area contributed by atoms with E-state index in [1.807, 2.05) is 18.9 Å². The molecule has 0 unspecified atom stereocenters. The molecule has 0 spiro atoms. The van der Waals surface area contributed by atoms with Crippen molar-refractivity contribution in [3.63, 3.8) is 0 Å². The van der Waals surface area contributed by atoms with Crippen LogP contribution in [0.5, 0.6) is 11.5 Å². The average molecular weight is 368 g/mol. The number of rotatable bonds is 5. The van der Waals surface area contributed by atoms with Crippen molar-refractivity contribution in [2.45, 2.75) is 26.9 Å². The van der Waals surface area contributed by atoms with Crippen molar-refractivity contribution in [2.24, 2.45) is 4.99 Å². The molecule has 0 saturated heterocycles. The zero-order valence-corrected chi connectivity index (χ0v) is 15.0. The molecule has 3 nitrogen and oxygen atoms in total. The van der Waals surface area contributed by atoms with Crippen LogP contribution in [-0.4, -0.2) is 24.8 Å². The molecule has 2 aromatic carbocycles. The summed E-state index contributed by atoms with van der Waals surface area (Å²) in [5, 5.41) is 0. The zero-order valence-electron chi connectivity index (χ0n) is 15.0. The van der Waals surface area contributed by atoms with Crippen LogP contribution in [0.3, 0.4) is 0 Å². The van der Waals surface area contributed by atoms with E-state index in [0.717, 1.165) is 18.2 Å². The second kappa shape index (κ2) is 7.76. The molecule has 0 aliphatic carbocycles. The van der Waals surface area contributed by atoms with E-state index in [1.54, 1.807) is 32.3 Å². The van der Waals surface area contributed by atoms with E-state index >= 15 is 0 Å². The fourth-order valence-corrected chi connectivity index (χ4v) is 2.19. The summed E-state index contributed by atoms with van der Waals surface area (Å²) in [5.74, 6) is -1.61. The quantitative estimate of drug-likeness (QED) is 0.375. The van der Waals surface area contributed by atoms with Gasteiger partial charge in [0.15, 0.2) is 11.6 Å². The summed E-state index contributed by atoms with van der Waals surface area (Å²) in [6.45, 7) is 6.32. The molecule has 0 aromatic heterocycles. The smallest absolute Gasteiger partial charge is 0.419 e. The van der Waals surface area contributed by atoms with Gasteiger partial charge in [0.1, 0.15) is 5.75 Å². The van der Waals surface area contributed by atoms with E-state index in [1.165, 1.54) is 6.07 Å². The minimum absolute atomic E-state index is 0.281. The number of halogens is 4. The molecule has 0 saturated carbocycles. The minimum Gasteiger partial charge on any atom is -0.454 e. The van der Waals surface area contributed by atoms with Crippen LogP contribution in [0, 0.1) is 19.7 Å². The Kier molecular flexibility index (Phi) is 5.90. The Bertz CT molecular complexity index is 816. The van der Waals surface area contributed by atoms with Gasteiger partial charge in [-0.25, -0.2) is 9.38 Å². The normalized spacial score (nSPS) is 11.8. The van der Waals surface area contributed by atoms with Gasteiger partial charge in [0.25, 0.3) is 0 Å². The van der Waals surface area contributed by atoms with Gasteiger partial charge in [-0.05, 0) is 56.2 Å². The monoisotopic (exact) mass is 368 g/mol. The highest BCUT2D eigenvalue weighted by atomic mass is 19.4. The van der Waals surface area contributed by atoms with Gasteiger partial charge in [-0.15, -0.1) is 0 Å². The van der Waals surface area contributed by atoms with Gasteiger partial charge in [-0.3, -0.25) is 0 Å². The third kappa shape index (κ3) is 4.53. The Labute approximate surface area is 149 Å². The zero-order chi connectivity index (χ0) is 19.5. The predicted octanol–water partition coefficient (Wildman–Crippen LogP) is 5.87. The highest BCUT2D eigenvalue weighted by molar-refractivity contribution is 5.64. The van der Waals surface area contributed by atoms with E-state index < -0.39 is 23.3 Å². The molecule has 0 atom stereocenters. The molecule has 140 valence electrons. The van der Waals surface area contributed by atoms with Crippen LogP contribution in [0.2, 0.25) is 0 Å². The molecule has 0 bridgehead atoms. The SMILES string of the molecule is CCN(C)C=Nc1cc(C)c(Oc2cccc(C(F)(F)F)c2F)cc1C. The number of nitrogens with zero attached hydrogens (tertiary/aromatic N) is 2. The molecule has 0 aliphatic rings. The highest BCUT2D eigenvalue weighted by Gasteiger charge is 2.35. The average Bonchev–Trinajstić information content (AvgIpc) is 2.56. The van der Waals surface area contributed by atoms with E-state index in [-0.39, 0.29) is 5.75 Å². The van der Waals surface area contributed by atoms with E-state index in [2.05, 4.69) is 4.99 Å². The summed E-state index contributed by atoms with van der Waals surface area (Å²) >= 11 is 0. The largest absolute Gasteiger partial charge is 0.454 e. The number of aliphatic imine (C=N–C) groups is 1. The Hall–Kier alpha value is -2.57. The van der Waals surface area contributed by atoms with Crippen LogP contribution in [0.4, 0.5) is 23.2 Å². The Balaban J connectivity index is 2.34. The van der Waals surface area contributed by atoms with Gasteiger partial charge in [0, 0.05) is 13.6 Å². The summed E-state index contributed by atoms with van der Waals surface area (Å²) in [6.07, 6.45) is -3.09. The third-order valence-electron chi connectivity index (χ3n) is 3.87. The fourth-order valence-electron chi connectivity index (χ4n) is 2.19. The van der Waals surface area contributed by atoms with Gasteiger partial charge >= 0.3 is 6.18 Å². The Morgan fingerprint density at radius 1 is 1.12 bits per heavy atom. The van der Waals surface area contributed by atoms with Crippen molar-refractivity contribution in [1.29, 1.82) is 0 Å². The molecular weight excluding hydrogens is 348 g/mol. The molecule has 2 rings (SSSR count). The molecule has 7 heteroatoms. The molecule has 0 amide bonds. The third-order valence-corrected chi connectivity index (χ3v) is 3.87. The van der Waals surface area contributed by atoms with Crippen molar-refractivity contribution in [2.75, 3.05) is 13.6 Å². The lowest BCUT2D eigenvalue weighted by Gasteiger charge is -2.15. The number of hydrogen-bond donors (Lipinski definition) is 0. The summed E-state index contributed by atoms with van der Waals surface area (Å²) < 4.78 is 58.0. The number of ether oxygens (including phenoxy) is 1. The van der Waals surface area contributed by atoms with Gasteiger partial charge in [-0.2, -0.15) is 13.2 Å². The standard InChI is InChI=1S/C19H20F4N2O/c1-5-25(4)11-24-15-9-13(3)17(10-12(15)2)26-16-8-6-7-14(18(16)20)19(21,22)23/h6-11H,5H2,1-4H3. The van der Waals surface area contributed by atoms with Crippen LogP contribution >= 0.6 is 0 Å². The second-order valence-corrected chi connectivity index (χ2v) is 5.94. The summed E-state index contributed by atoms with van der Waals surface area (Å²) in [6, 6.07) is 6.34. The first-order valence-electron chi connectivity index (χ1n) is 8.02. The van der Waals surface area contributed by atoms with Crippen molar-refractivity contribution in [3.8, 4) is 11.5 Å². The maximum Gasteiger partial charge on any atom is 0.419 e. The first-order chi connectivity index (χ1) is 12.1. The van der Waals surface area contributed by atoms with Gasteiger partial charge in [-0.1, -0.05) is 6.07 Å². The van der Waals surface area contributed by atoms with Crippen LogP contribution < -0.4 is 4.74 Å². The Morgan fingerprint density at radius 2 is 1.81 bits per heavy atom. The van der Waals surface area contributed by atoms with Crippen molar-refractivity contribution in [1.82, 2.24) is 4.90 Å². The van der Waals surface area contributed by atoms with Crippen LogP contribution in [-0.2, 0) is 6.18 Å².